The standard InChI is InChI=1S/C22H22F3N3O2S2/c1-14(28-6-3-7-28)17-4-2-5-19(23)18(17)10-26-15-8-20(24)22(21(25)9-15)32(29,30)12-16-11-31-13-27-16/h2,4-5,8-9,11,13-14,26H,3,6-7,10,12H2,1H3/t14-/m1/s1. The van der Waals surface area contributed by atoms with Crippen LogP contribution in [0.1, 0.15) is 36.2 Å². The minimum absolute atomic E-state index is 0.00396. The highest BCUT2D eigenvalue weighted by Crippen LogP contribution is 2.30. The van der Waals surface area contributed by atoms with E-state index in [9.17, 15) is 21.6 Å². The molecule has 0 unspecified atom stereocenters. The van der Waals surface area contributed by atoms with Crippen LogP contribution in [0.2, 0.25) is 0 Å². The second-order valence-corrected chi connectivity index (χ2v) is 10.4. The normalized spacial score (nSPS) is 15.4. The fourth-order valence-corrected chi connectivity index (χ4v) is 5.87. The molecule has 5 nitrogen and oxygen atoms in total. The monoisotopic (exact) mass is 481 g/mol. The maximum Gasteiger partial charge on any atom is 0.189 e. The fraction of sp³-hybridized carbons (Fsp3) is 0.318. The Labute approximate surface area is 188 Å². The molecule has 0 radical (unpaired) electrons. The number of likely N-dealkylation sites (tertiary alicyclic amines) is 1. The number of nitrogens with one attached hydrogen (secondary N) is 1. The second kappa shape index (κ2) is 9.21. The molecule has 1 atom stereocenters. The van der Waals surface area contributed by atoms with E-state index in [1.165, 1.54) is 28.3 Å². The SMILES string of the molecule is C[C@H](c1cccc(F)c1CNc1cc(F)c(S(=O)(=O)Cc2cscn2)c(F)c1)N1CCC1. The highest BCUT2D eigenvalue weighted by atomic mass is 32.2. The van der Waals surface area contributed by atoms with Gasteiger partial charge in [0.1, 0.15) is 22.3 Å². The zero-order valence-corrected chi connectivity index (χ0v) is 18.9. The van der Waals surface area contributed by atoms with Gasteiger partial charge in [0, 0.05) is 29.2 Å². The molecule has 1 aliphatic heterocycles. The molecular weight excluding hydrogens is 459 g/mol. The molecule has 1 aromatic heterocycles. The molecular formula is C22H22F3N3O2S2. The number of hydrogen-bond donors (Lipinski definition) is 1. The zero-order chi connectivity index (χ0) is 22.9. The van der Waals surface area contributed by atoms with Gasteiger partial charge in [-0.2, -0.15) is 0 Å². The van der Waals surface area contributed by atoms with E-state index in [1.807, 2.05) is 13.0 Å². The lowest BCUT2D eigenvalue weighted by molar-refractivity contribution is 0.128. The third-order valence-corrected chi connectivity index (χ3v) is 7.97. The van der Waals surface area contributed by atoms with Crippen LogP contribution in [0, 0.1) is 17.5 Å². The van der Waals surface area contributed by atoms with Crippen molar-refractivity contribution in [2.75, 3.05) is 18.4 Å². The Balaban J connectivity index is 1.55. The Bertz CT molecular complexity index is 1190. The number of hydrogen-bond acceptors (Lipinski definition) is 6. The Morgan fingerprint density at radius 2 is 1.88 bits per heavy atom. The summed E-state index contributed by atoms with van der Waals surface area (Å²) in [6.07, 6.45) is 1.10. The molecule has 4 rings (SSSR count). The predicted molar refractivity (Wildman–Crippen MR) is 118 cm³/mol. The van der Waals surface area contributed by atoms with Crippen LogP contribution in [0.3, 0.4) is 0 Å². The van der Waals surface area contributed by atoms with E-state index in [0.717, 1.165) is 37.2 Å². The van der Waals surface area contributed by atoms with Gasteiger partial charge in [0.15, 0.2) is 9.84 Å². The maximum absolute atomic E-state index is 14.6. The van der Waals surface area contributed by atoms with Gasteiger partial charge in [-0.05, 0) is 50.2 Å². The summed E-state index contributed by atoms with van der Waals surface area (Å²) in [7, 11) is -4.26. The molecule has 2 aromatic carbocycles. The molecule has 1 saturated heterocycles. The number of benzene rings is 2. The Hall–Kier alpha value is -2.43. The zero-order valence-electron chi connectivity index (χ0n) is 17.3. The van der Waals surface area contributed by atoms with Gasteiger partial charge in [-0.3, -0.25) is 4.90 Å². The number of sulfone groups is 1. The number of halogens is 3. The highest BCUT2D eigenvalue weighted by Gasteiger charge is 2.27. The summed E-state index contributed by atoms with van der Waals surface area (Å²) in [5.74, 6) is -3.41. The molecule has 0 amide bonds. The Morgan fingerprint density at radius 1 is 1.16 bits per heavy atom. The van der Waals surface area contributed by atoms with Crippen LogP contribution >= 0.6 is 11.3 Å². The smallest absolute Gasteiger partial charge is 0.189 e. The molecule has 3 aromatic rings. The second-order valence-electron chi connectivity index (χ2n) is 7.73. The molecule has 0 spiro atoms. The van der Waals surface area contributed by atoms with Gasteiger partial charge in [0.05, 0.1) is 17.0 Å². The van der Waals surface area contributed by atoms with Gasteiger partial charge in [-0.1, -0.05) is 12.1 Å². The average molecular weight is 482 g/mol. The van der Waals surface area contributed by atoms with Gasteiger partial charge in [0.25, 0.3) is 0 Å². The molecule has 0 saturated carbocycles. The lowest BCUT2D eigenvalue weighted by Gasteiger charge is -2.37. The molecule has 1 fully saturated rings. The molecule has 0 bridgehead atoms. The summed E-state index contributed by atoms with van der Waals surface area (Å²) in [6.45, 7) is 3.89. The van der Waals surface area contributed by atoms with Crippen LogP contribution in [0.4, 0.5) is 18.9 Å². The Kier molecular flexibility index (Phi) is 6.55. The fourth-order valence-electron chi connectivity index (χ4n) is 3.80. The van der Waals surface area contributed by atoms with E-state index in [4.69, 9.17) is 0 Å². The summed E-state index contributed by atoms with van der Waals surface area (Å²) in [4.78, 5) is 5.09. The van der Waals surface area contributed by atoms with Crippen LogP contribution in [-0.2, 0) is 22.1 Å². The lowest BCUT2D eigenvalue weighted by Crippen LogP contribution is -2.39. The molecule has 2 heterocycles. The van der Waals surface area contributed by atoms with Crippen molar-refractivity contribution < 1.29 is 21.6 Å². The minimum atomic E-state index is -4.26. The van der Waals surface area contributed by atoms with Crippen molar-refractivity contribution in [3.63, 3.8) is 0 Å². The first-order valence-corrected chi connectivity index (χ1v) is 12.7. The topological polar surface area (TPSA) is 62.3 Å². The summed E-state index contributed by atoms with van der Waals surface area (Å²) in [6, 6.07) is 6.68. The van der Waals surface area contributed by atoms with Crippen molar-refractivity contribution in [3.05, 3.63) is 75.5 Å². The lowest BCUT2D eigenvalue weighted by atomic mass is 9.97. The summed E-state index contributed by atoms with van der Waals surface area (Å²) >= 11 is 1.20. The minimum Gasteiger partial charge on any atom is -0.381 e. The quantitative estimate of drug-likeness (QED) is 0.495. The number of rotatable bonds is 8. The van der Waals surface area contributed by atoms with Gasteiger partial charge >= 0.3 is 0 Å². The summed E-state index contributed by atoms with van der Waals surface area (Å²) in [5.41, 5.74) is 2.91. The van der Waals surface area contributed by atoms with E-state index in [0.29, 0.717) is 5.56 Å². The average Bonchev–Trinajstić information content (AvgIpc) is 3.16. The molecule has 170 valence electrons. The molecule has 1 N–H and O–H groups in total. The first-order chi connectivity index (χ1) is 15.3. The van der Waals surface area contributed by atoms with Crippen molar-refractivity contribution >= 4 is 26.9 Å². The first kappa shape index (κ1) is 22.8. The van der Waals surface area contributed by atoms with E-state index in [1.54, 1.807) is 6.07 Å². The van der Waals surface area contributed by atoms with Crippen molar-refractivity contribution in [3.8, 4) is 0 Å². The summed E-state index contributed by atoms with van der Waals surface area (Å²) < 4.78 is 68.9. The molecule has 32 heavy (non-hydrogen) atoms. The number of thiazole rings is 1. The van der Waals surface area contributed by atoms with E-state index in [-0.39, 0.29) is 24.0 Å². The number of aromatic nitrogens is 1. The molecule has 0 aliphatic carbocycles. The Morgan fingerprint density at radius 3 is 2.47 bits per heavy atom. The third kappa shape index (κ3) is 4.67. The van der Waals surface area contributed by atoms with Crippen LogP contribution in [-0.4, -0.2) is 31.4 Å². The number of anilines is 1. The van der Waals surface area contributed by atoms with Crippen molar-refractivity contribution in [2.24, 2.45) is 0 Å². The van der Waals surface area contributed by atoms with Crippen LogP contribution in [0.15, 0.2) is 46.1 Å². The van der Waals surface area contributed by atoms with Gasteiger partial charge in [-0.25, -0.2) is 26.6 Å². The van der Waals surface area contributed by atoms with E-state index >= 15 is 0 Å². The molecule has 10 heteroatoms. The van der Waals surface area contributed by atoms with E-state index < -0.39 is 37.9 Å². The van der Waals surface area contributed by atoms with Crippen molar-refractivity contribution in [1.29, 1.82) is 0 Å². The molecule has 1 aliphatic rings. The van der Waals surface area contributed by atoms with E-state index in [2.05, 4.69) is 15.2 Å². The van der Waals surface area contributed by atoms with Gasteiger partial charge in [0.2, 0.25) is 0 Å². The van der Waals surface area contributed by atoms with Crippen LogP contribution < -0.4 is 5.32 Å². The van der Waals surface area contributed by atoms with Crippen molar-refractivity contribution in [1.82, 2.24) is 9.88 Å². The third-order valence-electron chi connectivity index (χ3n) is 5.64. The van der Waals surface area contributed by atoms with Gasteiger partial charge in [-0.15, -0.1) is 11.3 Å². The number of nitrogens with zero attached hydrogens (tertiary/aromatic N) is 2. The predicted octanol–water partition coefficient (Wildman–Crippen LogP) is 4.91. The van der Waals surface area contributed by atoms with Crippen LogP contribution in [0.5, 0.6) is 0 Å². The highest BCUT2D eigenvalue weighted by molar-refractivity contribution is 7.90. The largest absolute Gasteiger partial charge is 0.381 e. The maximum atomic E-state index is 14.6. The van der Waals surface area contributed by atoms with Gasteiger partial charge < -0.3 is 5.32 Å². The van der Waals surface area contributed by atoms with Crippen LogP contribution in [0.25, 0.3) is 0 Å². The van der Waals surface area contributed by atoms with Crippen molar-refractivity contribution in [2.45, 2.75) is 36.6 Å². The first-order valence-electron chi connectivity index (χ1n) is 10.1. The summed E-state index contributed by atoms with van der Waals surface area (Å²) in [5, 5.41) is 4.34.